The fraction of sp³-hybridized carbons (Fsp3) is 0.0833. The van der Waals surface area contributed by atoms with Gasteiger partial charge in [-0.15, -0.1) is 0 Å². The first kappa shape index (κ1) is 10.3. The van der Waals surface area contributed by atoms with Crippen molar-refractivity contribution in [2.75, 3.05) is 0 Å². The van der Waals surface area contributed by atoms with E-state index in [0.717, 1.165) is 11.1 Å². The van der Waals surface area contributed by atoms with E-state index in [9.17, 15) is 14.9 Å². The number of ketones is 1. The van der Waals surface area contributed by atoms with Gasteiger partial charge in [-0.05, 0) is 11.1 Å². The highest BCUT2D eigenvalue weighted by atomic mass is 16.6. The zero-order valence-corrected chi connectivity index (χ0v) is 8.42. The first-order chi connectivity index (χ1) is 7.68. The Morgan fingerprint density at radius 1 is 1.12 bits per heavy atom. The molecule has 0 bridgehead atoms. The Bertz CT molecular complexity index is 500. The summed E-state index contributed by atoms with van der Waals surface area (Å²) < 4.78 is 0. The Hall–Kier alpha value is -2.23. The van der Waals surface area contributed by atoms with Gasteiger partial charge in [0.2, 0.25) is 5.78 Å². The summed E-state index contributed by atoms with van der Waals surface area (Å²) >= 11 is 0. The van der Waals surface area contributed by atoms with E-state index in [1.54, 1.807) is 6.08 Å². The third-order valence-electron chi connectivity index (χ3n) is 2.42. The van der Waals surface area contributed by atoms with Gasteiger partial charge in [-0.3, -0.25) is 14.9 Å². The van der Waals surface area contributed by atoms with Gasteiger partial charge in [0.15, 0.2) is 0 Å². The molecule has 4 heteroatoms. The molecule has 0 spiro atoms. The van der Waals surface area contributed by atoms with Crippen LogP contribution in [0.2, 0.25) is 0 Å². The van der Waals surface area contributed by atoms with Crippen LogP contribution in [0.3, 0.4) is 0 Å². The molecule has 2 rings (SSSR count). The third kappa shape index (κ3) is 1.91. The van der Waals surface area contributed by atoms with Crippen LogP contribution in [0, 0.1) is 10.1 Å². The Morgan fingerprint density at radius 2 is 1.81 bits per heavy atom. The van der Waals surface area contributed by atoms with Crippen molar-refractivity contribution in [2.24, 2.45) is 0 Å². The molecule has 1 aromatic rings. The first-order valence-electron chi connectivity index (χ1n) is 4.82. The lowest BCUT2D eigenvalue weighted by atomic mass is 9.95. The van der Waals surface area contributed by atoms with Gasteiger partial charge in [-0.2, -0.15) is 0 Å². The zero-order chi connectivity index (χ0) is 11.5. The van der Waals surface area contributed by atoms with Crippen molar-refractivity contribution >= 4 is 11.4 Å². The second-order valence-electron chi connectivity index (χ2n) is 3.47. The number of rotatable bonds is 2. The fourth-order valence-corrected chi connectivity index (χ4v) is 1.61. The van der Waals surface area contributed by atoms with Crippen molar-refractivity contribution in [3.63, 3.8) is 0 Å². The van der Waals surface area contributed by atoms with Gasteiger partial charge in [-0.25, -0.2) is 0 Å². The summed E-state index contributed by atoms with van der Waals surface area (Å²) in [5.74, 6) is -0.439. The van der Waals surface area contributed by atoms with Gasteiger partial charge in [0.05, 0.1) is 4.92 Å². The molecular formula is C12H9NO3. The summed E-state index contributed by atoms with van der Waals surface area (Å²) in [6.45, 7) is 0. The second-order valence-corrected chi connectivity index (χ2v) is 3.47. The van der Waals surface area contributed by atoms with E-state index in [-0.39, 0.29) is 12.1 Å². The standard InChI is InChI=1S/C12H9NO3/c14-12-8-10(6-7-11(12)13(15)16)9-4-2-1-3-5-9/h1-7H,8H2. The number of benzene rings is 1. The summed E-state index contributed by atoms with van der Waals surface area (Å²) in [6, 6.07) is 9.38. The quantitative estimate of drug-likeness (QED) is 0.561. The number of hydrogen-bond acceptors (Lipinski definition) is 3. The molecule has 0 radical (unpaired) electrons. The molecule has 0 amide bonds. The van der Waals surface area contributed by atoms with Gasteiger partial charge >= 0.3 is 5.70 Å². The normalized spacial score (nSPS) is 15.4. The van der Waals surface area contributed by atoms with Gasteiger partial charge < -0.3 is 0 Å². The summed E-state index contributed by atoms with van der Waals surface area (Å²) in [7, 11) is 0. The number of nitro groups is 1. The maximum Gasteiger partial charge on any atom is 0.312 e. The van der Waals surface area contributed by atoms with Gasteiger partial charge in [-0.1, -0.05) is 36.4 Å². The summed E-state index contributed by atoms with van der Waals surface area (Å²) in [5.41, 5.74) is 1.41. The van der Waals surface area contributed by atoms with Crippen LogP contribution in [0.5, 0.6) is 0 Å². The molecular weight excluding hydrogens is 206 g/mol. The van der Waals surface area contributed by atoms with E-state index in [4.69, 9.17) is 0 Å². The van der Waals surface area contributed by atoms with Crippen molar-refractivity contribution in [1.29, 1.82) is 0 Å². The second kappa shape index (κ2) is 4.10. The van der Waals surface area contributed by atoms with Crippen LogP contribution in [-0.2, 0) is 4.79 Å². The van der Waals surface area contributed by atoms with Crippen molar-refractivity contribution < 1.29 is 9.72 Å². The number of Topliss-reactive ketones (excluding diaryl/α,β-unsaturated/α-hetero) is 1. The van der Waals surface area contributed by atoms with Crippen molar-refractivity contribution in [2.45, 2.75) is 6.42 Å². The summed E-state index contributed by atoms with van der Waals surface area (Å²) in [4.78, 5) is 21.3. The van der Waals surface area contributed by atoms with Crippen molar-refractivity contribution in [3.8, 4) is 0 Å². The van der Waals surface area contributed by atoms with Crippen LogP contribution in [-0.4, -0.2) is 10.7 Å². The fourth-order valence-electron chi connectivity index (χ4n) is 1.61. The predicted molar refractivity (Wildman–Crippen MR) is 59.1 cm³/mol. The molecule has 16 heavy (non-hydrogen) atoms. The average molecular weight is 215 g/mol. The maximum absolute atomic E-state index is 11.5. The minimum atomic E-state index is -0.638. The SMILES string of the molecule is O=C1CC(c2ccccc2)=CC=C1[N+](=O)[O-]. The van der Waals surface area contributed by atoms with E-state index in [1.807, 2.05) is 30.3 Å². The largest absolute Gasteiger partial charge is 0.312 e. The number of allylic oxidation sites excluding steroid dienone is 4. The highest BCUT2D eigenvalue weighted by Gasteiger charge is 2.25. The molecule has 0 N–H and O–H groups in total. The lowest BCUT2D eigenvalue weighted by Gasteiger charge is -2.08. The first-order valence-corrected chi connectivity index (χ1v) is 4.82. The Morgan fingerprint density at radius 3 is 2.38 bits per heavy atom. The zero-order valence-electron chi connectivity index (χ0n) is 8.42. The molecule has 1 aliphatic rings. The minimum absolute atomic E-state index is 0.0941. The summed E-state index contributed by atoms with van der Waals surface area (Å²) in [5, 5.41) is 10.5. The van der Waals surface area contributed by atoms with E-state index in [2.05, 4.69) is 0 Å². The van der Waals surface area contributed by atoms with Crippen molar-refractivity contribution in [1.82, 2.24) is 0 Å². The van der Waals surface area contributed by atoms with Crippen LogP contribution < -0.4 is 0 Å². The van der Waals surface area contributed by atoms with Gasteiger partial charge in [0.25, 0.3) is 0 Å². The topological polar surface area (TPSA) is 60.2 Å². The molecule has 0 saturated carbocycles. The predicted octanol–water partition coefficient (Wildman–Crippen LogP) is 2.20. The van der Waals surface area contributed by atoms with E-state index in [1.165, 1.54) is 6.08 Å². The average Bonchev–Trinajstić information content (AvgIpc) is 2.29. The van der Waals surface area contributed by atoms with Crippen LogP contribution in [0.15, 0.2) is 48.2 Å². The number of nitrogens with zero attached hydrogens (tertiary/aromatic N) is 1. The minimum Gasteiger partial charge on any atom is -0.287 e. The lowest BCUT2D eigenvalue weighted by molar-refractivity contribution is -0.418. The smallest absolute Gasteiger partial charge is 0.287 e. The maximum atomic E-state index is 11.5. The molecule has 1 aliphatic carbocycles. The summed E-state index contributed by atoms with van der Waals surface area (Å²) in [6.07, 6.45) is 3.00. The van der Waals surface area contributed by atoms with Gasteiger partial charge in [0, 0.05) is 12.5 Å². The van der Waals surface area contributed by atoms with Crippen LogP contribution in [0.4, 0.5) is 0 Å². The Balaban J connectivity index is 2.35. The molecule has 0 aromatic heterocycles. The third-order valence-corrected chi connectivity index (χ3v) is 2.42. The van der Waals surface area contributed by atoms with Crippen molar-refractivity contribution in [3.05, 3.63) is 63.9 Å². The molecule has 0 atom stereocenters. The van der Waals surface area contributed by atoms with Gasteiger partial charge in [0.1, 0.15) is 0 Å². The lowest BCUT2D eigenvalue weighted by Crippen LogP contribution is -2.14. The number of hydrogen-bond donors (Lipinski definition) is 0. The molecule has 4 nitrogen and oxygen atoms in total. The van der Waals surface area contributed by atoms with Crippen LogP contribution in [0.25, 0.3) is 5.57 Å². The molecule has 0 aliphatic heterocycles. The molecule has 0 unspecified atom stereocenters. The monoisotopic (exact) mass is 215 g/mol. The molecule has 1 aromatic carbocycles. The molecule has 80 valence electrons. The Labute approximate surface area is 92.1 Å². The Kier molecular flexibility index (Phi) is 2.64. The van der Waals surface area contributed by atoms with E-state index in [0.29, 0.717) is 0 Å². The number of carbonyl (C=O) groups is 1. The molecule has 0 saturated heterocycles. The number of carbonyl (C=O) groups excluding carboxylic acids is 1. The van der Waals surface area contributed by atoms with E-state index >= 15 is 0 Å². The van der Waals surface area contributed by atoms with Crippen LogP contribution in [0.1, 0.15) is 12.0 Å². The highest BCUT2D eigenvalue weighted by Crippen LogP contribution is 2.24. The molecule has 0 heterocycles. The molecule has 0 fully saturated rings. The highest BCUT2D eigenvalue weighted by molar-refractivity contribution is 6.02. The van der Waals surface area contributed by atoms with Crippen LogP contribution >= 0.6 is 0 Å². The van der Waals surface area contributed by atoms with E-state index < -0.39 is 10.7 Å².